The van der Waals surface area contributed by atoms with Gasteiger partial charge in [0.15, 0.2) is 0 Å². The Hall–Kier alpha value is -3.76. The molecule has 1 saturated heterocycles. The number of benzene rings is 1. The first-order valence-corrected chi connectivity index (χ1v) is 12.3. The molecule has 36 heavy (non-hydrogen) atoms. The molecular formula is C29H33N5O2. The third-order valence-electron chi connectivity index (χ3n) is 6.95. The van der Waals surface area contributed by atoms with Gasteiger partial charge >= 0.3 is 6.09 Å². The first-order valence-electron chi connectivity index (χ1n) is 12.3. The van der Waals surface area contributed by atoms with Crippen LogP contribution >= 0.6 is 0 Å². The van der Waals surface area contributed by atoms with E-state index in [0.717, 1.165) is 29.5 Å². The fourth-order valence-corrected chi connectivity index (χ4v) is 5.57. The molecule has 0 radical (unpaired) electrons. The predicted octanol–water partition coefficient (Wildman–Crippen LogP) is 5.37. The lowest BCUT2D eigenvalue weighted by Crippen LogP contribution is -2.61. The third-order valence-corrected chi connectivity index (χ3v) is 6.95. The summed E-state index contributed by atoms with van der Waals surface area (Å²) in [5.74, 6) is -0.151. The molecule has 1 fully saturated rings. The van der Waals surface area contributed by atoms with Gasteiger partial charge in [0.2, 0.25) is 0 Å². The lowest BCUT2D eigenvalue weighted by Gasteiger charge is -2.48. The smallest absolute Gasteiger partial charge is 0.407 e. The minimum atomic E-state index is -0.888. The number of rotatable bonds is 6. The lowest BCUT2D eigenvalue weighted by molar-refractivity contribution is 0.0336. The topological polar surface area (TPSA) is 102 Å². The van der Waals surface area contributed by atoms with Crippen LogP contribution in [0.4, 0.5) is 4.79 Å². The number of amides is 1. The molecule has 1 aliphatic rings. The summed E-state index contributed by atoms with van der Waals surface area (Å²) in [5.41, 5.74) is 3.31. The molecule has 3 heterocycles. The normalized spacial score (nSPS) is 19.0. The van der Waals surface area contributed by atoms with Gasteiger partial charge in [-0.3, -0.25) is 9.97 Å². The molecule has 3 aromatic rings. The van der Waals surface area contributed by atoms with Crippen LogP contribution in [0.2, 0.25) is 0 Å². The largest absolute Gasteiger partial charge is 0.465 e. The lowest BCUT2D eigenvalue weighted by atomic mass is 9.76. The Morgan fingerprint density at radius 3 is 2.25 bits per heavy atom. The Kier molecular flexibility index (Phi) is 7.66. The van der Waals surface area contributed by atoms with E-state index in [-0.39, 0.29) is 29.5 Å². The Balaban J connectivity index is 1.85. The van der Waals surface area contributed by atoms with E-state index >= 15 is 0 Å². The second kappa shape index (κ2) is 10.9. The van der Waals surface area contributed by atoms with Gasteiger partial charge in [-0.2, -0.15) is 5.26 Å². The molecule has 0 spiro atoms. The van der Waals surface area contributed by atoms with Gasteiger partial charge in [-0.25, -0.2) is 4.79 Å². The number of nitrogens with zero attached hydrogens (tertiary/aromatic N) is 4. The molecule has 1 amide bonds. The van der Waals surface area contributed by atoms with Gasteiger partial charge in [-0.1, -0.05) is 45.0 Å². The molecular weight excluding hydrogens is 450 g/mol. The van der Waals surface area contributed by atoms with E-state index in [0.29, 0.717) is 12.1 Å². The summed E-state index contributed by atoms with van der Waals surface area (Å²) >= 11 is 0. The summed E-state index contributed by atoms with van der Waals surface area (Å²) in [7, 11) is 0. The van der Waals surface area contributed by atoms with Crippen molar-refractivity contribution in [2.45, 2.75) is 57.7 Å². The number of hydrogen-bond donors (Lipinski definition) is 2. The number of hydrogen-bond acceptors (Lipinski definition) is 5. The average molecular weight is 484 g/mol. The van der Waals surface area contributed by atoms with Crippen LogP contribution in [0.25, 0.3) is 0 Å². The van der Waals surface area contributed by atoms with Crippen LogP contribution in [0.3, 0.4) is 0 Å². The van der Waals surface area contributed by atoms with Gasteiger partial charge in [0, 0.05) is 49.3 Å². The van der Waals surface area contributed by atoms with Gasteiger partial charge in [-0.05, 0) is 59.2 Å². The van der Waals surface area contributed by atoms with E-state index in [1.165, 1.54) is 0 Å². The van der Waals surface area contributed by atoms with Crippen molar-refractivity contribution in [1.82, 2.24) is 20.2 Å². The van der Waals surface area contributed by atoms with Crippen molar-refractivity contribution >= 4 is 6.09 Å². The van der Waals surface area contributed by atoms with Crippen LogP contribution < -0.4 is 5.32 Å². The van der Waals surface area contributed by atoms with E-state index in [4.69, 9.17) is 0 Å². The van der Waals surface area contributed by atoms with Crippen LogP contribution in [0.1, 0.15) is 67.8 Å². The molecule has 4 rings (SSSR count). The maximum Gasteiger partial charge on any atom is 0.407 e. The fourth-order valence-electron chi connectivity index (χ4n) is 5.57. The predicted molar refractivity (Wildman–Crippen MR) is 138 cm³/mol. The van der Waals surface area contributed by atoms with E-state index in [9.17, 15) is 15.2 Å². The van der Waals surface area contributed by atoms with Gasteiger partial charge < -0.3 is 15.3 Å². The van der Waals surface area contributed by atoms with Crippen LogP contribution in [0.15, 0.2) is 73.3 Å². The molecule has 3 atom stereocenters. The number of carbonyl (C=O) groups is 1. The molecule has 0 saturated carbocycles. The number of nitriles is 1. The molecule has 1 aliphatic heterocycles. The quantitative estimate of drug-likeness (QED) is 0.489. The van der Waals surface area contributed by atoms with E-state index < -0.39 is 6.09 Å². The molecule has 2 N–H and O–H groups in total. The molecule has 7 nitrogen and oxygen atoms in total. The average Bonchev–Trinajstić information content (AvgIpc) is 2.89. The minimum absolute atomic E-state index is 0.0820. The van der Waals surface area contributed by atoms with Crippen LogP contribution in [0, 0.1) is 16.7 Å². The zero-order valence-corrected chi connectivity index (χ0v) is 21.0. The van der Waals surface area contributed by atoms with Crippen molar-refractivity contribution in [3.63, 3.8) is 0 Å². The molecule has 0 aliphatic carbocycles. The fraction of sp³-hybridized carbons (Fsp3) is 0.379. The Labute approximate surface area is 212 Å². The van der Waals surface area contributed by atoms with Crippen molar-refractivity contribution in [1.29, 1.82) is 5.26 Å². The van der Waals surface area contributed by atoms with Crippen molar-refractivity contribution in [2.24, 2.45) is 5.41 Å². The van der Waals surface area contributed by atoms with Crippen molar-refractivity contribution in [3.8, 4) is 6.07 Å². The molecule has 0 bridgehead atoms. The SMILES string of the molecule is CC(C)(C)C1C(NC(c2cccc(C#N)c2)C(c2cccnc2)c2cccnc2)CCCN1C(=O)O. The highest BCUT2D eigenvalue weighted by atomic mass is 16.4. The summed E-state index contributed by atoms with van der Waals surface area (Å²) in [6, 6.07) is 17.3. The molecule has 2 aromatic heterocycles. The van der Waals surface area contributed by atoms with Crippen LogP contribution in [-0.4, -0.2) is 44.7 Å². The molecule has 3 unspecified atom stereocenters. The minimum Gasteiger partial charge on any atom is -0.465 e. The van der Waals surface area contributed by atoms with Crippen LogP contribution in [-0.2, 0) is 0 Å². The Bertz CT molecular complexity index is 1160. The highest BCUT2D eigenvalue weighted by molar-refractivity contribution is 5.66. The zero-order valence-electron chi connectivity index (χ0n) is 21.0. The number of pyridine rings is 2. The Morgan fingerprint density at radius 1 is 1.08 bits per heavy atom. The molecule has 1 aromatic carbocycles. The summed E-state index contributed by atoms with van der Waals surface area (Å²) in [5, 5.41) is 23.5. The van der Waals surface area contributed by atoms with Gasteiger partial charge in [0.1, 0.15) is 0 Å². The zero-order chi connectivity index (χ0) is 25.7. The highest BCUT2D eigenvalue weighted by Gasteiger charge is 2.43. The molecule has 7 heteroatoms. The summed E-state index contributed by atoms with van der Waals surface area (Å²) in [4.78, 5) is 22.6. The number of nitrogens with one attached hydrogen (secondary N) is 1. The second-order valence-electron chi connectivity index (χ2n) is 10.5. The first kappa shape index (κ1) is 25.3. The maximum absolute atomic E-state index is 12.2. The van der Waals surface area contributed by atoms with Gasteiger partial charge in [-0.15, -0.1) is 0 Å². The summed E-state index contributed by atoms with van der Waals surface area (Å²) < 4.78 is 0. The van der Waals surface area contributed by atoms with Gasteiger partial charge in [0.05, 0.1) is 17.7 Å². The number of piperidine rings is 1. The third kappa shape index (κ3) is 5.55. The number of likely N-dealkylation sites (tertiary alicyclic amines) is 1. The number of carboxylic acid groups (broad SMARTS) is 1. The van der Waals surface area contributed by atoms with Crippen molar-refractivity contribution in [3.05, 3.63) is 95.6 Å². The first-order chi connectivity index (χ1) is 17.3. The maximum atomic E-state index is 12.2. The summed E-state index contributed by atoms with van der Waals surface area (Å²) in [6.07, 6.45) is 7.99. The van der Waals surface area contributed by atoms with E-state index in [1.54, 1.807) is 23.4 Å². The van der Waals surface area contributed by atoms with Crippen molar-refractivity contribution < 1.29 is 9.90 Å². The molecule has 186 valence electrons. The standard InChI is InChI=1S/C29H33N5O2/c1-29(2,3)27-24(12-7-15-34(27)28(35)36)33-26(21-9-4-8-20(16-21)17-30)25(22-10-5-13-31-18-22)23-11-6-14-32-19-23/h4-6,8-11,13-14,16,18-19,24-27,33H,7,12,15H2,1-3H3,(H,35,36). The van der Waals surface area contributed by atoms with Crippen LogP contribution in [0.5, 0.6) is 0 Å². The second-order valence-corrected chi connectivity index (χ2v) is 10.5. The number of aromatic nitrogens is 2. The monoisotopic (exact) mass is 483 g/mol. The van der Waals surface area contributed by atoms with Gasteiger partial charge in [0.25, 0.3) is 0 Å². The highest BCUT2D eigenvalue weighted by Crippen LogP contribution is 2.40. The summed E-state index contributed by atoms with van der Waals surface area (Å²) in [6.45, 7) is 6.81. The van der Waals surface area contributed by atoms with E-state index in [2.05, 4.69) is 54.3 Å². The van der Waals surface area contributed by atoms with Crippen molar-refractivity contribution in [2.75, 3.05) is 6.54 Å². The Morgan fingerprint density at radius 2 is 1.72 bits per heavy atom. The van der Waals surface area contributed by atoms with E-state index in [1.807, 2.05) is 42.7 Å².